The van der Waals surface area contributed by atoms with Gasteiger partial charge in [0.2, 0.25) is 15.9 Å². The van der Waals surface area contributed by atoms with E-state index in [2.05, 4.69) is 5.32 Å². The number of piperazine rings is 1. The Labute approximate surface area is 172 Å². The summed E-state index contributed by atoms with van der Waals surface area (Å²) in [6.07, 6.45) is 1.58. The molecule has 0 aliphatic carbocycles. The molecule has 2 heterocycles. The predicted molar refractivity (Wildman–Crippen MR) is 111 cm³/mol. The lowest BCUT2D eigenvalue weighted by atomic mass is 10.1. The zero-order valence-electron chi connectivity index (χ0n) is 17.4. The first-order chi connectivity index (χ1) is 13.7. The monoisotopic (exact) mass is 419 g/mol. The molecular weight excluding hydrogens is 390 g/mol. The van der Waals surface area contributed by atoms with Gasteiger partial charge in [0.25, 0.3) is 0 Å². The highest BCUT2D eigenvalue weighted by molar-refractivity contribution is 7.89. The Kier molecular flexibility index (Phi) is 6.45. The fourth-order valence-electron chi connectivity index (χ4n) is 3.93. The topological polar surface area (TPSA) is 82.9 Å². The average molecular weight is 420 g/mol. The number of nitrogens with one attached hydrogen (secondary N) is 1. The maximum atomic E-state index is 13.2. The van der Waals surface area contributed by atoms with Crippen molar-refractivity contribution in [3.8, 4) is 0 Å². The smallest absolute Gasteiger partial charge is 0.243 e. The molecule has 1 aromatic carbocycles. The number of furan rings is 1. The van der Waals surface area contributed by atoms with Crippen molar-refractivity contribution in [1.82, 2.24) is 14.5 Å². The Morgan fingerprint density at radius 1 is 1.14 bits per heavy atom. The molecule has 1 saturated heterocycles. The number of aryl methyl sites for hydroxylation is 3. The number of carbonyl (C=O) groups is 1. The van der Waals surface area contributed by atoms with Gasteiger partial charge in [-0.3, -0.25) is 9.69 Å². The summed E-state index contributed by atoms with van der Waals surface area (Å²) in [4.78, 5) is 14.7. The lowest BCUT2D eigenvalue weighted by Gasteiger charge is -2.34. The number of hydrogen-bond donors (Lipinski definition) is 1. The summed E-state index contributed by atoms with van der Waals surface area (Å²) in [5.74, 6) is 0.605. The van der Waals surface area contributed by atoms with Gasteiger partial charge in [-0.2, -0.15) is 4.31 Å². The molecular formula is C21H29N3O4S. The van der Waals surface area contributed by atoms with E-state index in [0.717, 1.165) is 16.7 Å². The number of sulfonamides is 1. The summed E-state index contributed by atoms with van der Waals surface area (Å²) in [6, 6.07) is 7.21. The van der Waals surface area contributed by atoms with Crippen LogP contribution in [0.1, 0.15) is 35.4 Å². The molecule has 1 fully saturated rings. The van der Waals surface area contributed by atoms with Crippen LogP contribution in [0.5, 0.6) is 0 Å². The van der Waals surface area contributed by atoms with Gasteiger partial charge < -0.3 is 9.73 Å². The van der Waals surface area contributed by atoms with Crippen LogP contribution < -0.4 is 5.32 Å². The van der Waals surface area contributed by atoms with Crippen LogP contribution in [-0.4, -0.2) is 56.3 Å². The molecule has 7 nitrogen and oxygen atoms in total. The first kappa shape index (κ1) is 21.5. The summed E-state index contributed by atoms with van der Waals surface area (Å²) in [7, 11) is -3.55. The van der Waals surface area contributed by atoms with Gasteiger partial charge in [-0.15, -0.1) is 0 Å². The quantitative estimate of drug-likeness (QED) is 0.777. The number of amides is 1. The molecule has 1 N–H and O–H groups in total. The van der Waals surface area contributed by atoms with Crippen LogP contribution in [0.4, 0.5) is 0 Å². The number of carbonyl (C=O) groups excluding carboxylic acids is 1. The Bertz CT molecular complexity index is 939. The summed E-state index contributed by atoms with van der Waals surface area (Å²) >= 11 is 0. The second-order valence-corrected chi connectivity index (χ2v) is 9.59. The predicted octanol–water partition coefficient (Wildman–Crippen LogP) is 2.39. The molecule has 1 atom stereocenters. The SMILES string of the molecule is Cc1cc(C)c(S(=O)(=O)N2CCN(CC(=O)N[C@@H](C)c3ccco3)CC2)c(C)c1. The Morgan fingerprint density at radius 3 is 2.31 bits per heavy atom. The largest absolute Gasteiger partial charge is 0.467 e. The van der Waals surface area contributed by atoms with Gasteiger partial charge in [0.05, 0.1) is 23.7 Å². The maximum absolute atomic E-state index is 13.2. The molecule has 1 aliphatic heterocycles. The van der Waals surface area contributed by atoms with Crippen LogP contribution in [0.3, 0.4) is 0 Å². The number of hydrogen-bond acceptors (Lipinski definition) is 5. The second-order valence-electron chi connectivity index (χ2n) is 7.71. The minimum absolute atomic E-state index is 0.101. The molecule has 0 spiro atoms. The third-order valence-corrected chi connectivity index (χ3v) is 7.45. The highest BCUT2D eigenvalue weighted by Gasteiger charge is 2.31. The van der Waals surface area contributed by atoms with E-state index in [-0.39, 0.29) is 18.5 Å². The zero-order chi connectivity index (χ0) is 21.2. The number of rotatable bonds is 6. The van der Waals surface area contributed by atoms with Crippen LogP contribution in [0.2, 0.25) is 0 Å². The van der Waals surface area contributed by atoms with Crippen molar-refractivity contribution < 1.29 is 17.6 Å². The van der Waals surface area contributed by atoms with E-state index in [1.165, 1.54) is 4.31 Å². The Balaban J connectivity index is 1.58. The first-order valence-electron chi connectivity index (χ1n) is 9.81. The highest BCUT2D eigenvalue weighted by Crippen LogP contribution is 2.26. The molecule has 0 saturated carbocycles. The van der Waals surface area contributed by atoms with Crippen molar-refractivity contribution in [3.63, 3.8) is 0 Å². The third kappa shape index (κ3) is 4.88. The molecule has 3 rings (SSSR count). The van der Waals surface area contributed by atoms with Gasteiger partial charge >= 0.3 is 0 Å². The molecule has 0 bridgehead atoms. The second kappa shape index (κ2) is 8.69. The summed E-state index contributed by atoms with van der Waals surface area (Å²) < 4.78 is 33.2. The van der Waals surface area contributed by atoms with Crippen LogP contribution >= 0.6 is 0 Å². The minimum Gasteiger partial charge on any atom is -0.467 e. The average Bonchev–Trinajstić information content (AvgIpc) is 3.15. The van der Waals surface area contributed by atoms with E-state index in [1.54, 1.807) is 12.3 Å². The fourth-order valence-corrected chi connectivity index (χ4v) is 5.76. The molecule has 29 heavy (non-hydrogen) atoms. The Morgan fingerprint density at radius 2 is 1.76 bits per heavy atom. The standard InChI is InChI=1S/C21H29N3O4S/c1-15-12-16(2)21(17(3)13-15)29(26,27)24-9-7-23(8-10-24)14-20(25)22-18(4)19-6-5-11-28-19/h5-6,11-13,18H,7-10,14H2,1-4H3,(H,22,25)/t18-/m0/s1. The maximum Gasteiger partial charge on any atom is 0.243 e. The fraction of sp³-hybridized carbons (Fsp3) is 0.476. The third-order valence-electron chi connectivity index (χ3n) is 5.25. The summed E-state index contributed by atoms with van der Waals surface area (Å²) in [6.45, 7) is 9.53. The van der Waals surface area contributed by atoms with Gasteiger partial charge in [-0.05, 0) is 51.0 Å². The van der Waals surface area contributed by atoms with Gasteiger partial charge in [0, 0.05) is 26.2 Å². The molecule has 2 aromatic rings. The van der Waals surface area contributed by atoms with E-state index in [0.29, 0.717) is 36.8 Å². The summed E-state index contributed by atoms with van der Waals surface area (Å²) in [5.41, 5.74) is 2.60. The van der Waals surface area contributed by atoms with Crippen molar-refractivity contribution in [2.75, 3.05) is 32.7 Å². The lowest BCUT2D eigenvalue weighted by molar-refractivity contribution is -0.123. The van der Waals surface area contributed by atoms with E-state index < -0.39 is 10.0 Å². The first-order valence-corrected chi connectivity index (χ1v) is 11.3. The van der Waals surface area contributed by atoms with Gasteiger partial charge in [0.1, 0.15) is 5.76 Å². The van der Waals surface area contributed by atoms with Crippen molar-refractivity contribution >= 4 is 15.9 Å². The highest BCUT2D eigenvalue weighted by atomic mass is 32.2. The molecule has 0 radical (unpaired) electrons. The van der Waals surface area contributed by atoms with Crippen LogP contribution in [0.25, 0.3) is 0 Å². The van der Waals surface area contributed by atoms with E-state index in [4.69, 9.17) is 4.42 Å². The normalized spacial score (nSPS) is 17.2. The summed E-state index contributed by atoms with van der Waals surface area (Å²) in [5, 5.41) is 2.91. The van der Waals surface area contributed by atoms with Crippen LogP contribution in [-0.2, 0) is 14.8 Å². The minimum atomic E-state index is -3.55. The van der Waals surface area contributed by atoms with Crippen molar-refractivity contribution in [1.29, 1.82) is 0 Å². The van der Waals surface area contributed by atoms with E-state index >= 15 is 0 Å². The van der Waals surface area contributed by atoms with Crippen molar-refractivity contribution in [3.05, 3.63) is 53.0 Å². The van der Waals surface area contributed by atoms with Gasteiger partial charge in [-0.1, -0.05) is 17.7 Å². The van der Waals surface area contributed by atoms with Crippen molar-refractivity contribution in [2.24, 2.45) is 0 Å². The molecule has 1 aromatic heterocycles. The Hall–Kier alpha value is -2.16. The van der Waals surface area contributed by atoms with Gasteiger partial charge in [-0.25, -0.2) is 8.42 Å². The number of benzene rings is 1. The van der Waals surface area contributed by atoms with E-state index in [9.17, 15) is 13.2 Å². The molecule has 8 heteroatoms. The zero-order valence-corrected chi connectivity index (χ0v) is 18.3. The number of nitrogens with zero attached hydrogens (tertiary/aromatic N) is 2. The van der Waals surface area contributed by atoms with Gasteiger partial charge in [0.15, 0.2) is 0 Å². The lowest BCUT2D eigenvalue weighted by Crippen LogP contribution is -2.51. The molecule has 0 unspecified atom stereocenters. The van der Waals surface area contributed by atoms with E-state index in [1.807, 2.05) is 50.8 Å². The van der Waals surface area contributed by atoms with Crippen LogP contribution in [0.15, 0.2) is 39.8 Å². The molecule has 1 amide bonds. The molecule has 1 aliphatic rings. The van der Waals surface area contributed by atoms with Crippen LogP contribution in [0, 0.1) is 20.8 Å². The van der Waals surface area contributed by atoms with Crippen molar-refractivity contribution in [2.45, 2.75) is 38.6 Å². The molecule has 158 valence electrons.